The van der Waals surface area contributed by atoms with Gasteiger partial charge < -0.3 is 17.7 Å². The molecular weight excluding hydrogens is 1270 g/mol. The summed E-state index contributed by atoms with van der Waals surface area (Å²) in [6.45, 7) is 0. The minimum atomic E-state index is -0.321. The van der Waals surface area contributed by atoms with Crippen LogP contribution in [0.1, 0.15) is 5.56 Å². The fourth-order valence-electron chi connectivity index (χ4n) is 13.8. The molecule has 482 valence electrons. The highest BCUT2D eigenvalue weighted by Gasteiger charge is 2.21. The first kappa shape index (κ1) is 59.9. The molecule has 0 unspecified atom stereocenters. The van der Waals surface area contributed by atoms with Gasteiger partial charge in [-0.3, -0.25) is 0 Å². The number of rotatable bonds is 10. The van der Waals surface area contributed by atoms with E-state index in [9.17, 15) is 9.65 Å². The van der Waals surface area contributed by atoms with Crippen LogP contribution in [0.25, 0.3) is 201 Å². The second kappa shape index (κ2) is 24.9. The number of fused-ring (bicyclic) bond motifs is 12. The number of hydrogen-bond acceptors (Lipinski definition) is 11. The zero-order valence-corrected chi connectivity index (χ0v) is 54.7. The van der Waals surface area contributed by atoms with Crippen LogP contribution in [0.4, 0.5) is 4.39 Å². The van der Waals surface area contributed by atoms with Crippen molar-refractivity contribution in [2.75, 3.05) is 0 Å². The lowest BCUT2D eigenvalue weighted by atomic mass is 9.94. The molecule has 6 aromatic heterocycles. The van der Waals surface area contributed by atoms with Crippen molar-refractivity contribution in [3.63, 3.8) is 0 Å². The van der Waals surface area contributed by atoms with Crippen LogP contribution in [0, 0.1) is 17.1 Å². The largest absolute Gasteiger partial charge is 0.456 e. The Balaban J connectivity index is 0.000000142. The van der Waals surface area contributed by atoms with Gasteiger partial charge in [-0.15, -0.1) is 0 Å². The molecule has 0 aliphatic heterocycles. The third-order valence-electron chi connectivity index (χ3n) is 18.9. The summed E-state index contributed by atoms with van der Waals surface area (Å²) in [4.78, 5) is 29.9. The fraction of sp³-hybridized carbons (Fsp3) is 0. The smallest absolute Gasteiger partial charge is 0.164 e. The standard InChI is InChI=1S/C46H26N4O2.C45H26FN3O2/c47-27-28-14-16-30(17-15-28)45-48-44(29-8-2-1-3-9-29)49-46(50-45)35-23-33(31-18-20-42-38(25-31)36-10-4-6-12-40(36)51-42)22-34(24-35)32-19-21-43-39(26-32)37-11-5-7-13-41(37)52-43;46-34-18-14-28(15-19-34)44-47-43(27-8-2-1-3-9-27)48-45(49-44)33-23-31(29-16-20-41-37(25-29)35-10-4-6-12-39(35)50-41)22-32(24-33)30-17-21-42-38(26-30)36-11-5-7-13-40(36)51-42/h1-26H;1-26H. The summed E-state index contributed by atoms with van der Waals surface area (Å²) in [6.07, 6.45) is 0. The highest BCUT2D eigenvalue weighted by molar-refractivity contribution is 6.10. The van der Waals surface area contributed by atoms with Gasteiger partial charge in [-0.2, -0.15) is 5.26 Å². The lowest BCUT2D eigenvalue weighted by Crippen LogP contribution is -2.00. The van der Waals surface area contributed by atoms with Crippen molar-refractivity contribution in [3.05, 3.63) is 327 Å². The average molecular weight is 1330 g/mol. The van der Waals surface area contributed by atoms with E-state index in [2.05, 4.69) is 115 Å². The highest BCUT2D eigenvalue weighted by atomic mass is 19.1. The maximum Gasteiger partial charge on any atom is 0.164 e. The van der Waals surface area contributed by atoms with Gasteiger partial charge in [-0.25, -0.2) is 34.3 Å². The molecule has 20 rings (SSSR count). The Morgan fingerprint density at radius 3 is 0.738 bits per heavy atom. The van der Waals surface area contributed by atoms with E-state index in [4.69, 9.17) is 47.6 Å². The molecule has 0 atom stereocenters. The third-order valence-corrected chi connectivity index (χ3v) is 18.9. The molecule has 0 N–H and O–H groups in total. The predicted octanol–water partition coefficient (Wildman–Crippen LogP) is 24.0. The molecule has 0 aliphatic rings. The Kier molecular flexibility index (Phi) is 14.5. The summed E-state index contributed by atoms with van der Waals surface area (Å²) in [5.41, 5.74) is 20.4. The van der Waals surface area contributed by atoms with Crippen molar-refractivity contribution in [2.45, 2.75) is 0 Å². The number of furan rings is 4. The Hall–Kier alpha value is -14.3. The summed E-state index contributed by atoms with van der Waals surface area (Å²) in [5.74, 6) is 2.82. The van der Waals surface area contributed by atoms with E-state index in [1.807, 2.05) is 170 Å². The van der Waals surface area contributed by atoms with Crippen LogP contribution < -0.4 is 0 Å². The van der Waals surface area contributed by atoms with Gasteiger partial charge in [-0.1, -0.05) is 158 Å². The number of benzene rings is 14. The number of nitrogens with zero attached hydrogens (tertiary/aromatic N) is 7. The summed E-state index contributed by atoms with van der Waals surface area (Å²) < 4.78 is 38.6. The number of halogens is 1. The third kappa shape index (κ3) is 11.2. The maximum absolute atomic E-state index is 14.0. The van der Waals surface area contributed by atoms with Crippen molar-refractivity contribution in [2.24, 2.45) is 0 Å². The van der Waals surface area contributed by atoms with Crippen LogP contribution in [0.15, 0.2) is 333 Å². The molecule has 0 fully saturated rings. The van der Waals surface area contributed by atoms with Crippen LogP contribution in [-0.2, 0) is 0 Å². The minimum Gasteiger partial charge on any atom is -0.456 e. The zero-order chi connectivity index (χ0) is 68.5. The monoisotopic (exact) mass is 1330 g/mol. The van der Waals surface area contributed by atoms with Gasteiger partial charge >= 0.3 is 0 Å². The van der Waals surface area contributed by atoms with Gasteiger partial charge in [0, 0.05) is 76.5 Å². The van der Waals surface area contributed by atoms with Crippen molar-refractivity contribution in [1.29, 1.82) is 5.26 Å². The molecule has 6 heterocycles. The van der Waals surface area contributed by atoms with Crippen molar-refractivity contribution in [1.82, 2.24) is 29.9 Å². The van der Waals surface area contributed by atoms with Crippen molar-refractivity contribution >= 4 is 87.8 Å². The van der Waals surface area contributed by atoms with E-state index in [1.54, 1.807) is 24.3 Å². The maximum atomic E-state index is 14.0. The van der Waals surface area contributed by atoms with Crippen LogP contribution in [0.3, 0.4) is 0 Å². The Bertz CT molecular complexity index is 6510. The van der Waals surface area contributed by atoms with Crippen molar-refractivity contribution in [3.8, 4) is 119 Å². The number of aromatic nitrogens is 6. The van der Waals surface area contributed by atoms with Gasteiger partial charge in [0.05, 0.1) is 11.6 Å². The Morgan fingerprint density at radius 2 is 0.437 bits per heavy atom. The molecule has 11 nitrogen and oxygen atoms in total. The van der Waals surface area contributed by atoms with Gasteiger partial charge in [0.25, 0.3) is 0 Å². The predicted molar refractivity (Wildman–Crippen MR) is 408 cm³/mol. The lowest BCUT2D eigenvalue weighted by molar-refractivity contribution is 0.628. The summed E-state index contributed by atoms with van der Waals surface area (Å²) in [5, 5.41) is 17.9. The molecule has 0 saturated carbocycles. The summed E-state index contributed by atoms with van der Waals surface area (Å²) in [7, 11) is 0. The summed E-state index contributed by atoms with van der Waals surface area (Å²) in [6, 6.07) is 106. The number of hydrogen-bond donors (Lipinski definition) is 0. The summed E-state index contributed by atoms with van der Waals surface area (Å²) >= 11 is 0. The van der Waals surface area contributed by atoms with Gasteiger partial charge in [0.1, 0.15) is 50.5 Å². The minimum absolute atomic E-state index is 0.321. The molecule has 103 heavy (non-hydrogen) atoms. The number of para-hydroxylation sites is 4. The normalized spacial score (nSPS) is 11.5. The van der Waals surface area contributed by atoms with Gasteiger partial charge in [-0.05, 0) is 202 Å². The molecule has 0 bridgehead atoms. The quantitative estimate of drug-likeness (QED) is 0.129. The van der Waals surface area contributed by atoms with Crippen molar-refractivity contribution < 1.29 is 22.1 Å². The molecule has 0 spiro atoms. The van der Waals surface area contributed by atoms with E-state index in [1.165, 1.54) is 12.1 Å². The first-order chi connectivity index (χ1) is 50.8. The van der Waals surface area contributed by atoms with Crippen LogP contribution in [0.5, 0.6) is 0 Å². The fourth-order valence-corrected chi connectivity index (χ4v) is 13.8. The van der Waals surface area contributed by atoms with Gasteiger partial charge in [0.2, 0.25) is 0 Å². The number of nitriles is 1. The second-order valence-electron chi connectivity index (χ2n) is 25.4. The van der Waals surface area contributed by atoms with E-state index in [0.717, 1.165) is 160 Å². The second-order valence-corrected chi connectivity index (χ2v) is 25.4. The first-order valence-electron chi connectivity index (χ1n) is 33.7. The molecule has 0 aliphatic carbocycles. The molecule has 0 amide bonds. The molecule has 0 radical (unpaired) electrons. The van der Waals surface area contributed by atoms with Crippen LogP contribution >= 0.6 is 0 Å². The first-order valence-corrected chi connectivity index (χ1v) is 33.7. The molecule has 20 aromatic rings. The molecule has 12 heteroatoms. The molecular formula is C91H52FN7O4. The highest BCUT2D eigenvalue weighted by Crippen LogP contribution is 2.42. The Morgan fingerprint density at radius 1 is 0.204 bits per heavy atom. The lowest BCUT2D eigenvalue weighted by Gasteiger charge is -2.13. The topological polar surface area (TPSA) is 154 Å². The van der Waals surface area contributed by atoms with E-state index >= 15 is 0 Å². The van der Waals surface area contributed by atoms with Crippen LogP contribution in [0.2, 0.25) is 0 Å². The molecule has 0 saturated heterocycles. The Labute approximate surface area is 587 Å². The van der Waals surface area contributed by atoms with E-state index < -0.39 is 0 Å². The van der Waals surface area contributed by atoms with E-state index in [0.29, 0.717) is 46.1 Å². The average Bonchev–Trinajstić information content (AvgIpc) is 0.907. The van der Waals surface area contributed by atoms with E-state index in [-0.39, 0.29) is 5.82 Å². The molecule has 14 aromatic carbocycles. The SMILES string of the molecule is Fc1ccc(-c2nc(-c3ccccc3)nc(-c3cc(-c4ccc5oc6ccccc6c5c4)cc(-c4ccc5oc6ccccc6c5c4)c3)n2)cc1.N#Cc1ccc(-c2nc(-c3ccccc3)nc(-c3cc(-c4ccc5oc6ccccc6c5c4)cc(-c4ccc5oc6ccccc6c5c4)c3)n2)cc1. The van der Waals surface area contributed by atoms with Crippen LogP contribution in [-0.4, -0.2) is 29.9 Å². The van der Waals surface area contributed by atoms with Gasteiger partial charge in [0.15, 0.2) is 34.9 Å². The zero-order valence-electron chi connectivity index (χ0n) is 54.7.